The average Bonchev–Trinajstić information content (AvgIpc) is 3.65. The predicted octanol–water partition coefficient (Wildman–Crippen LogP) is 15.7. The normalized spacial score (nSPS) is 12.5. The summed E-state index contributed by atoms with van der Waals surface area (Å²) in [5, 5.41) is 6.29. The first-order valence-corrected chi connectivity index (χ1v) is 21.4. The smallest absolute Gasteiger partial charge is 0.131 e. The van der Waals surface area contributed by atoms with E-state index in [1.807, 2.05) is 24.3 Å². The first kappa shape index (κ1) is 42.7. The van der Waals surface area contributed by atoms with Gasteiger partial charge in [0.25, 0.3) is 0 Å². The predicted molar refractivity (Wildman–Crippen MR) is 256 cm³/mol. The standard InChI is InChI=1S/C25H27ClN2.C20H25N.C5H3ClIN/c1-24(2,3)16-7-9-21-19(13-16)20-14-17(25(4,5)6)8-10-22(20)28(21)18-11-12-27-23(26)15-18;1-19(2,3)13-7-9-17-15(11-13)16-12-14(20(4,5)6)8-10-18(16)21-17;6-5-3-4(7)1-2-8-5/h7-15H,1-6H3;7-12,21H,1-6H3;1-3H. The van der Waals surface area contributed by atoms with Crippen LogP contribution >= 0.6 is 45.8 Å². The molecule has 0 saturated heterocycles. The Bertz CT molecular complexity index is 2550. The number of halogens is 3. The highest BCUT2D eigenvalue weighted by atomic mass is 127. The highest BCUT2D eigenvalue weighted by Gasteiger charge is 2.21. The zero-order chi connectivity index (χ0) is 41.7. The largest absolute Gasteiger partial charge is 0.355 e. The molecule has 0 bridgehead atoms. The monoisotopic (exact) mass is 908 g/mol. The number of nitrogens with one attached hydrogen (secondary N) is 1. The Hall–Kier alpha value is -3.91. The summed E-state index contributed by atoms with van der Waals surface area (Å²) in [6.07, 6.45) is 3.45. The van der Waals surface area contributed by atoms with Gasteiger partial charge in [0.05, 0.1) is 16.7 Å². The molecular weight excluding hydrogens is 854 g/mol. The van der Waals surface area contributed by atoms with E-state index in [4.69, 9.17) is 23.2 Å². The van der Waals surface area contributed by atoms with Crippen LogP contribution in [-0.2, 0) is 21.7 Å². The lowest BCUT2D eigenvalue weighted by atomic mass is 9.85. The lowest BCUT2D eigenvalue weighted by molar-refractivity contribution is 0.590. The zero-order valence-electron chi connectivity index (χ0n) is 35.4. The number of hydrogen-bond donors (Lipinski definition) is 1. The molecule has 57 heavy (non-hydrogen) atoms. The van der Waals surface area contributed by atoms with Gasteiger partial charge in [0.1, 0.15) is 10.3 Å². The summed E-state index contributed by atoms with van der Waals surface area (Å²) >= 11 is 13.9. The van der Waals surface area contributed by atoms with Crippen molar-refractivity contribution in [3.63, 3.8) is 0 Å². The van der Waals surface area contributed by atoms with Crippen LogP contribution in [-0.4, -0.2) is 19.5 Å². The van der Waals surface area contributed by atoms with Gasteiger partial charge in [0.2, 0.25) is 0 Å². The fourth-order valence-electron chi connectivity index (χ4n) is 6.97. The van der Waals surface area contributed by atoms with E-state index in [0.717, 1.165) is 9.26 Å². The van der Waals surface area contributed by atoms with E-state index in [0.29, 0.717) is 10.3 Å². The minimum absolute atomic E-state index is 0.101. The molecular formula is C50H55Cl2IN4. The van der Waals surface area contributed by atoms with Crippen molar-refractivity contribution in [2.45, 2.75) is 105 Å². The lowest BCUT2D eigenvalue weighted by Crippen LogP contribution is -2.10. The maximum absolute atomic E-state index is 6.21. The molecule has 0 aliphatic rings. The van der Waals surface area contributed by atoms with Crippen molar-refractivity contribution in [1.29, 1.82) is 0 Å². The van der Waals surface area contributed by atoms with Gasteiger partial charge in [-0.2, -0.15) is 0 Å². The van der Waals surface area contributed by atoms with Crippen molar-refractivity contribution >= 4 is 89.4 Å². The highest BCUT2D eigenvalue weighted by Crippen LogP contribution is 2.38. The third kappa shape index (κ3) is 9.70. The molecule has 0 spiro atoms. The Balaban J connectivity index is 0.000000166. The molecule has 0 saturated carbocycles. The highest BCUT2D eigenvalue weighted by molar-refractivity contribution is 14.1. The van der Waals surface area contributed by atoms with E-state index in [1.165, 1.54) is 65.9 Å². The Labute approximate surface area is 362 Å². The summed E-state index contributed by atoms with van der Waals surface area (Å²) in [6, 6.07) is 34.9. The van der Waals surface area contributed by atoms with Crippen LogP contribution in [0.5, 0.6) is 0 Å². The van der Waals surface area contributed by atoms with E-state index in [-0.39, 0.29) is 21.7 Å². The minimum atomic E-state index is 0.101. The maximum atomic E-state index is 6.21. The van der Waals surface area contributed by atoms with Crippen molar-refractivity contribution in [2.24, 2.45) is 0 Å². The van der Waals surface area contributed by atoms with Crippen LogP contribution in [0.2, 0.25) is 10.3 Å². The zero-order valence-corrected chi connectivity index (χ0v) is 39.0. The topological polar surface area (TPSA) is 46.5 Å². The molecule has 4 aromatic heterocycles. The number of nitrogens with zero attached hydrogens (tertiary/aromatic N) is 3. The van der Waals surface area contributed by atoms with Crippen LogP contribution in [0, 0.1) is 3.57 Å². The van der Waals surface area contributed by atoms with Gasteiger partial charge in [0, 0.05) is 48.5 Å². The van der Waals surface area contributed by atoms with Gasteiger partial charge in [-0.15, -0.1) is 0 Å². The van der Waals surface area contributed by atoms with Gasteiger partial charge in [-0.25, -0.2) is 9.97 Å². The molecule has 0 fully saturated rings. The van der Waals surface area contributed by atoms with Gasteiger partial charge in [-0.1, -0.05) is 131 Å². The summed E-state index contributed by atoms with van der Waals surface area (Å²) < 4.78 is 3.40. The van der Waals surface area contributed by atoms with E-state index in [2.05, 4.69) is 198 Å². The number of fused-ring (bicyclic) bond motifs is 6. The summed E-state index contributed by atoms with van der Waals surface area (Å²) in [5.74, 6) is 0. The summed E-state index contributed by atoms with van der Waals surface area (Å²) in [4.78, 5) is 11.5. The van der Waals surface area contributed by atoms with Gasteiger partial charge in [0.15, 0.2) is 0 Å². The van der Waals surface area contributed by atoms with Gasteiger partial charge < -0.3 is 9.55 Å². The second-order valence-electron chi connectivity index (χ2n) is 19.1. The maximum Gasteiger partial charge on any atom is 0.131 e. The number of pyridine rings is 2. The Morgan fingerprint density at radius 2 is 0.825 bits per heavy atom. The molecule has 4 aromatic carbocycles. The van der Waals surface area contributed by atoms with Crippen molar-refractivity contribution < 1.29 is 0 Å². The number of hydrogen-bond acceptors (Lipinski definition) is 2. The molecule has 296 valence electrons. The van der Waals surface area contributed by atoms with Crippen LogP contribution in [0.25, 0.3) is 49.3 Å². The van der Waals surface area contributed by atoms with Crippen molar-refractivity contribution in [3.8, 4) is 5.69 Å². The van der Waals surface area contributed by atoms with E-state index in [9.17, 15) is 0 Å². The van der Waals surface area contributed by atoms with Crippen LogP contribution in [0.4, 0.5) is 0 Å². The number of benzene rings is 4. The molecule has 0 aliphatic heterocycles. The van der Waals surface area contributed by atoms with Crippen LogP contribution in [0.3, 0.4) is 0 Å². The Kier molecular flexibility index (Phi) is 12.0. The molecule has 4 nitrogen and oxygen atoms in total. The number of aromatic nitrogens is 4. The molecule has 0 aliphatic carbocycles. The van der Waals surface area contributed by atoms with Gasteiger partial charge in [-0.05, 0) is 139 Å². The molecule has 0 radical (unpaired) electrons. The molecule has 1 N–H and O–H groups in total. The average molecular weight is 910 g/mol. The Morgan fingerprint density at radius 1 is 0.456 bits per heavy atom. The quantitative estimate of drug-likeness (QED) is 0.132. The third-order valence-electron chi connectivity index (χ3n) is 10.5. The third-order valence-corrected chi connectivity index (χ3v) is 11.6. The molecule has 0 atom stereocenters. The lowest BCUT2D eigenvalue weighted by Gasteiger charge is -2.19. The van der Waals surface area contributed by atoms with E-state index >= 15 is 0 Å². The fourth-order valence-corrected chi connectivity index (χ4v) is 7.96. The molecule has 4 heterocycles. The molecule has 8 aromatic rings. The van der Waals surface area contributed by atoms with Crippen LogP contribution in [0.1, 0.15) is 105 Å². The molecule has 0 unspecified atom stereocenters. The second-order valence-corrected chi connectivity index (χ2v) is 21.1. The number of rotatable bonds is 1. The summed E-state index contributed by atoms with van der Waals surface area (Å²) in [5.41, 5.74) is 11.9. The second kappa shape index (κ2) is 16.0. The fraction of sp³-hybridized carbons (Fsp3) is 0.320. The first-order valence-electron chi connectivity index (χ1n) is 19.6. The molecule has 0 amide bonds. The van der Waals surface area contributed by atoms with Gasteiger partial charge in [-0.3, -0.25) is 0 Å². The van der Waals surface area contributed by atoms with Crippen molar-refractivity contribution in [3.05, 3.63) is 146 Å². The Morgan fingerprint density at radius 3 is 1.18 bits per heavy atom. The number of aromatic amines is 1. The van der Waals surface area contributed by atoms with E-state index in [1.54, 1.807) is 12.4 Å². The summed E-state index contributed by atoms with van der Waals surface area (Å²) in [7, 11) is 0. The van der Waals surface area contributed by atoms with Crippen LogP contribution in [0.15, 0.2) is 109 Å². The van der Waals surface area contributed by atoms with Crippen molar-refractivity contribution in [1.82, 2.24) is 19.5 Å². The molecule has 8 rings (SSSR count). The minimum Gasteiger partial charge on any atom is -0.355 e. The first-order chi connectivity index (χ1) is 26.5. The van der Waals surface area contributed by atoms with Crippen molar-refractivity contribution in [2.75, 3.05) is 0 Å². The molecule has 7 heteroatoms. The van der Waals surface area contributed by atoms with E-state index < -0.39 is 0 Å². The number of H-pyrrole nitrogens is 1. The van der Waals surface area contributed by atoms with Crippen LogP contribution < -0.4 is 0 Å². The summed E-state index contributed by atoms with van der Waals surface area (Å²) in [6.45, 7) is 27.2. The van der Waals surface area contributed by atoms with Gasteiger partial charge >= 0.3 is 0 Å². The SMILES string of the molecule is CC(C)(C)c1ccc2[nH]c3ccc(C(C)(C)C)cc3c2c1.CC(C)(C)c1ccc2c(c1)c1cc(C(C)(C)C)ccc1n2-c1ccnc(Cl)c1.Clc1cc(I)ccn1.